The number of rotatable bonds is 7. The van der Waals surface area contributed by atoms with Crippen molar-refractivity contribution in [2.45, 2.75) is 6.42 Å². The summed E-state index contributed by atoms with van der Waals surface area (Å²) >= 11 is 3.33. The number of amides is 1. The highest BCUT2D eigenvalue weighted by atomic mass is 79.9. The Morgan fingerprint density at radius 2 is 2.28 bits per heavy atom. The van der Waals surface area contributed by atoms with Gasteiger partial charge in [-0.2, -0.15) is 0 Å². The van der Waals surface area contributed by atoms with Crippen LogP contribution in [0.15, 0.2) is 24.3 Å². The number of hydrogen-bond donors (Lipinski definition) is 1. The smallest absolute Gasteiger partial charge is 0.253 e. The zero-order valence-corrected chi connectivity index (χ0v) is 12.0. The topological polar surface area (TPSA) is 49.8 Å². The van der Waals surface area contributed by atoms with E-state index in [2.05, 4.69) is 15.9 Å². The van der Waals surface area contributed by atoms with Crippen LogP contribution in [0.4, 0.5) is 0 Å². The molecule has 0 radical (unpaired) electrons. The first kappa shape index (κ1) is 15.0. The molecule has 100 valence electrons. The van der Waals surface area contributed by atoms with Gasteiger partial charge in [0, 0.05) is 24.5 Å². The SMILES string of the molecule is CN(CCO)C(=O)c1cccc(OCCCBr)c1. The van der Waals surface area contributed by atoms with Crippen LogP contribution in [0.5, 0.6) is 5.75 Å². The summed E-state index contributed by atoms with van der Waals surface area (Å²) in [6.07, 6.45) is 0.919. The number of hydrogen-bond acceptors (Lipinski definition) is 3. The molecule has 0 unspecified atom stereocenters. The van der Waals surface area contributed by atoms with Gasteiger partial charge in [-0.05, 0) is 24.6 Å². The van der Waals surface area contributed by atoms with Gasteiger partial charge >= 0.3 is 0 Å². The minimum atomic E-state index is -0.116. The summed E-state index contributed by atoms with van der Waals surface area (Å²) in [6.45, 7) is 0.909. The number of likely N-dealkylation sites (N-methyl/N-ethyl adjacent to an activating group) is 1. The molecule has 0 bridgehead atoms. The lowest BCUT2D eigenvalue weighted by molar-refractivity contribution is 0.0766. The molecule has 0 aromatic heterocycles. The Balaban J connectivity index is 2.66. The fourth-order valence-electron chi connectivity index (χ4n) is 1.44. The van der Waals surface area contributed by atoms with E-state index in [9.17, 15) is 4.79 Å². The monoisotopic (exact) mass is 315 g/mol. The van der Waals surface area contributed by atoms with Crippen molar-refractivity contribution >= 4 is 21.8 Å². The summed E-state index contributed by atoms with van der Waals surface area (Å²) in [5.74, 6) is 0.578. The molecule has 4 nitrogen and oxygen atoms in total. The van der Waals surface area contributed by atoms with Gasteiger partial charge in [0.1, 0.15) is 5.75 Å². The van der Waals surface area contributed by atoms with Gasteiger partial charge in [0.15, 0.2) is 0 Å². The molecule has 0 heterocycles. The van der Waals surface area contributed by atoms with Crippen LogP contribution in [-0.2, 0) is 0 Å². The molecule has 18 heavy (non-hydrogen) atoms. The molecule has 0 aliphatic rings. The summed E-state index contributed by atoms with van der Waals surface area (Å²) in [7, 11) is 1.66. The van der Waals surface area contributed by atoms with Crippen LogP contribution in [-0.4, -0.2) is 48.0 Å². The molecule has 1 amide bonds. The van der Waals surface area contributed by atoms with Crippen molar-refractivity contribution in [1.82, 2.24) is 4.90 Å². The minimum absolute atomic E-state index is 0.0380. The maximum Gasteiger partial charge on any atom is 0.253 e. The first-order valence-electron chi connectivity index (χ1n) is 5.84. The van der Waals surface area contributed by atoms with E-state index in [4.69, 9.17) is 9.84 Å². The van der Waals surface area contributed by atoms with E-state index in [-0.39, 0.29) is 12.5 Å². The molecule has 1 N–H and O–H groups in total. The van der Waals surface area contributed by atoms with Crippen LogP contribution >= 0.6 is 15.9 Å². The van der Waals surface area contributed by atoms with Gasteiger partial charge in [-0.3, -0.25) is 4.79 Å². The standard InChI is InChI=1S/C13H18BrNO3/c1-15(7-8-16)13(17)11-4-2-5-12(10-11)18-9-3-6-14/h2,4-5,10,16H,3,6-9H2,1H3. The van der Waals surface area contributed by atoms with Crippen LogP contribution in [0, 0.1) is 0 Å². The van der Waals surface area contributed by atoms with E-state index in [1.165, 1.54) is 4.90 Å². The second-order valence-electron chi connectivity index (χ2n) is 3.87. The number of carbonyl (C=O) groups excluding carboxylic acids is 1. The fourth-order valence-corrected chi connectivity index (χ4v) is 1.66. The van der Waals surface area contributed by atoms with Crippen molar-refractivity contribution < 1.29 is 14.6 Å². The van der Waals surface area contributed by atoms with Crippen LogP contribution in [0.3, 0.4) is 0 Å². The number of ether oxygens (including phenoxy) is 1. The van der Waals surface area contributed by atoms with Crippen molar-refractivity contribution in [2.24, 2.45) is 0 Å². The van der Waals surface area contributed by atoms with Gasteiger partial charge in [-0.15, -0.1) is 0 Å². The van der Waals surface area contributed by atoms with Crippen LogP contribution in [0.2, 0.25) is 0 Å². The Hall–Kier alpha value is -1.07. The predicted octanol–water partition coefficient (Wildman–Crippen LogP) is 1.91. The average molecular weight is 316 g/mol. The largest absolute Gasteiger partial charge is 0.494 e. The zero-order chi connectivity index (χ0) is 13.4. The van der Waals surface area contributed by atoms with E-state index in [0.29, 0.717) is 24.5 Å². The van der Waals surface area contributed by atoms with E-state index >= 15 is 0 Å². The highest BCUT2D eigenvalue weighted by Crippen LogP contribution is 2.15. The summed E-state index contributed by atoms with van der Waals surface area (Å²) in [5.41, 5.74) is 0.572. The maximum atomic E-state index is 12.0. The maximum absolute atomic E-state index is 12.0. The molecule has 0 aliphatic carbocycles. The Morgan fingerprint density at radius 1 is 1.50 bits per heavy atom. The highest BCUT2D eigenvalue weighted by molar-refractivity contribution is 9.09. The molecule has 0 spiro atoms. The van der Waals surface area contributed by atoms with E-state index in [1.54, 1.807) is 25.2 Å². The van der Waals surface area contributed by atoms with Crippen molar-refractivity contribution in [3.05, 3.63) is 29.8 Å². The van der Waals surface area contributed by atoms with Crippen LogP contribution in [0.1, 0.15) is 16.8 Å². The second kappa shape index (κ2) is 8.11. The molecular weight excluding hydrogens is 298 g/mol. The average Bonchev–Trinajstić information content (AvgIpc) is 2.39. The first-order chi connectivity index (χ1) is 8.69. The highest BCUT2D eigenvalue weighted by Gasteiger charge is 2.11. The number of alkyl halides is 1. The number of aliphatic hydroxyl groups is 1. The number of nitrogens with zero attached hydrogens (tertiary/aromatic N) is 1. The van der Waals surface area contributed by atoms with E-state index in [1.807, 2.05) is 6.07 Å². The molecule has 0 atom stereocenters. The number of carbonyl (C=O) groups is 1. The molecule has 1 aromatic rings. The molecule has 0 saturated carbocycles. The van der Waals surface area contributed by atoms with E-state index in [0.717, 1.165) is 11.8 Å². The number of benzene rings is 1. The Labute approximate surface area is 116 Å². The number of halogens is 1. The molecule has 0 saturated heterocycles. The predicted molar refractivity (Wildman–Crippen MR) is 74.4 cm³/mol. The lowest BCUT2D eigenvalue weighted by Gasteiger charge is -2.16. The first-order valence-corrected chi connectivity index (χ1v) is 6.96. The molecule has 5 heteroatoms. The third-order valence-electron chi connectivity index (χ3n) is 2.41. The van der Waals surface area contributed by atoms with Gasteiger partial charge in [-0.25, -0.2) is 0 Å². The zero-order valence-electron chi connectivity index (χ0n) is 10.4. The molecule has 0 fully saturated rings. The fraction of sp³-hybridized carbons (Fsp3) is 0.462. The third kappa shape index (κ3) is 4.66. The molecule has 1 aromatic carbocycles. The van der Waals surface area contributed by atoms with Crippen molar-refractivity contribution in [3.63, 3.8) is 0 Å². The Morgan fingerprint density at radius 3 is 2.94 bits per heavy atom. The van der Waals surface area contributed by atoms with Gasteiger partial charge in [-0.1, -0.05) is 22.0 Å². The molecular formula is C13H18BrNO3. The van der Waals surface area contributed by atoms with Crippen molar-refractivity contribution in [1.29, 1.82) is 0 Å². The second-order valence-corrected chi connectivity index (χ2v) is 4.66. The van der Waals surface area contributed by atoms with Gasteiger partial charge < -0.3 is 14.7 Å². The summed E-state index contributed by atoms with van der Waals surface area (Å²) in [4.78, 5) is 13.5. The summed E-state index contributed by atoms with van der Waals surface area (Å²) < 4.78 is 5.53. The van der Waals surface area contributed by atoms with E-state index < -0.39 is 0 Å². The molecule has 0 aliphatic heterocycles. The van der Waals surface area contributed by atoms with Crippen LogP contribution in [0.25, 0.3) is 0 Å². The summed E-state index contributed by atoms with van der Waals surface area (Å²) in [6, 6.07) is 7.10. The lowest BCUT2D eigenvalue weighted by Crippen LogP contribution is -2.29. The number of aliphatic hydroxyl groups excluding tert-OH is 1. The van der Waals surface area contributed by atoms with Crippen molar-refractivity contribution in [3.8, 4) is 5.75 Å². The summed E-state index contributed by atoms with van der Waals surface area (Å²) in [5, 5.41) is 9.70. The normalized spacial score (nSPS) is 10.2. The lowest BCUT2D eigenvalue weighted by atomic mass is 10.2. The Bertz CT molecular complexity index is 384. The van der Waals surface area contributed by atoms with Gasteiger partial charge in [0.25, 0.3) is 5.91 Å². The van der Waals surface area contributed by atoms with Crippen LogP contribution < -0.4 is 4.74 Å². The van der Waals surface area contributed by atoms with Gasteiger partial charge in [0.2, 0.25) is 0 Å². The third-order valence-corrected chi connectivity index (χ3v) is 2.97. The molecule has 1 rings (SSSR count). The van der Waals surface area contributed by atoms with Crippen molar-refractivity contribution in [2.75, 3.05) is 32.1 Å². The Kier molecular flexibility index (Phi) is 6.75. The van der Waals surface area contributed by atoms with Gasteiger partial charge in [0.05, 0.1) is 13.2 Å². The minimum Gasteiger partial charge on any atom is -0.494 e. The quantitative estimate of drug-likeness (QED) is 0.617.